The topological polar surface area (TPSA) is 9.72 Å². The Bertz CT molecular complexity index is 2720. The van der Waals surface area contributed by atoms with Crippen LogP contribution in [0.2, 0.25) is 13.1 Å². The van der Waals surface area contributed by atoms with Crippen molar-refractivity contribution < 1.29 is 0 Å². The molecule has 0 radical (unpaired) electrons. The van der Waals surface area contributed by atoms with E-state index < -0.39 is 8.07 Å². The van der Waals surface area contributed by atoms with E-state index in [-0.39, 0.29) is 39.5 Å². The predicted molar refractivity (Wildman–Crippen MR) is 266 cm³/mol. The first-order chi connectivity index (χ1) is 28.8. The molecule has 2 saturated carbocycles. The van der Waals surface area contributed by atoms with Crippen molar-refractivity contribution in [1.29, 1.82) is 0 Å². The molecule has 312 valence electrons. The SMILES string of the molecule is CC(C)(C)c1cc2c3c(c1)C1(C)CCCCC1(C)N3c1cc(N3c4ccccc4[Si](C)(C)c4ccccc43)cc3c1B2c1ccc(C(C)(C)C)c2c1N3C1(C)CCCCC21C. The maximum atomic E-state index is 2.99. The van der Waals surface area contributed by atoms with E-state index in [0.29, 0.717) is 0 Å². The Morgan fingerprint density at radius 1 is 0.557 bits per heavy atom. The van der Waals surface area contributed by atoms with Gasteiger partial charge in [-0.25, -0.2) is 0 Å². The molecule has 61 heavy (non-hydrogen) atoms. The molecule has 7 aliphatic rings. The van der Waals surface area contributed by atoms with Crippen LogP contribution >= 0.6 is 0 Å². The van der Waals surface area contributed by atoms with Gasteiger partial charge in [-0.2, -0.15) is 0 Å². The maximum Gasteiger partial charge on any atom is 0.252 e. The summed E-state index contributed by atoms with van der Waals surface area (Å²) in [5, 5.41) is 3.06. The van der Waals surface area contributed by atoms with Gasteiger partial charge in [-0.05, 0) is 124 Å². The van der Waals surface area contributed by atoms with Crippen LogP contribution < -0.4 is 41.5 Å². The smallest absolute Gasteiger partial charge is 0.252 e. The standard InChI is InChI=1S/C56H66BN3Si/c1-51(2,3)35-31-38-49-40(32-35)57-39-26-25-37(52(4,5)6)47-50(39)60(56(10)30-20-18-28-54(47,56)8)44-34-36(33-43(48(44)57)59(49)55(9)29-19-17-27-53(38,55)7)58-41-21-13-15-23-45(41)61(11,12)46-24-16-14-22-42(46)58/h13-16,21-26,31-34H,17-20,27-30H2,1-12H3. The number of benzene rings is 5. The van der Waals surface area contributed by atoms with Crippen molar-refractivity contribution in [2.75, 3.05) is 14.7 Å². The van der Waals surface area contributed by atoms with E-state index in [2.05, 4.69) is 182 Å². The highest BCUT2D eigenvalue weighted by atomic mass is 28.3. The molecule has 3 nitrogen and oxygen atoms in total. The van der Waals surface area contributed by atoms with Crippen molar-refractivity contribution in [3.05, 3.63) is 107 Å². The molecule has 5 aromatic rings. The fourth-order valence-electron chi connectivity index (χ4n) is 14.9. The third-order valence-corrected chi connectivity index (χ3v) is 22.1. The summed E-state index contributed by atoms with van der Waals surface area (Å²) in [6, 6.07) is 34.8. The molecule has 0 spiro atoms. The number of para-hydroxylation sites is 2. The van der Waals surface area contributed by atoms with E-state index in [0.717, 1.165) is 0 Å². The minimum Gasteiger partial charge on any atom is -0.335 e. The summed E-state index contributed by atoms with van der Waals surface area (Å²) in [7, 11) is -1.97. The molecule has 5 heterocycles. The first kappa shape index (κ1) is 38.5. The average molecular weight is 820 g/mol. The highest BCUT2D eigenvalue weighted by molar-refractivity contribution is 7.03. The minimum atomic E-state index is -1.97. The van der Waals surface area contributed by atoms with Crippen molar-refractivity contribution in [2.24, 2.45) is 0 Å². The highest BCUT2D eigenvalue weighted by Crippen LogP contribution is 2.66. The molecule has 2 aliphatic carbocycles. The Morgan fingerprint density at radius 2 is 1.10 bits per heavy atom. The number of hydrogen-bond donors (Lipinski definition) is 0. The van der Waals surface area contributed by atoms with Crippen LogP contribution in [0.25, 0.3) is 0 Å². The molecule has 4 atom stereocenters. The molecule has 5 aromatic carbocycles. The van der Waals surface area contributed by atoms with E-state index in [9.17, 15) is 0 Å². The van der Waals surface area contributed by atoms with Gasteiger partial charge in [-0.3, -0.25) is 0 Å². The summed E-state index contributed by atoms with van der Waals surface area (Å²) in [6.07, 6.45) is 10.0. The molecular weight excluding hydrogens is 754 g/mol. The maximum absolute atomic E-state index is 2.99. The van der Waals surface area contributed by atoms with Crippen LogP contribution in [0.15, 0.2) is 84.9 Å². The van der Waals surface area contributed by atoms with E-state index in [4.69, 9.17) is 0 Å². The van der Waals surface area contributed by atoms with Crippen LogP contribution in [-0.2, 0) is 21.7 Å². The Morgan fingerprint density at radius 3 is 1.69 bits per heavy atom. The van der Waals surface area contributed by atoms with E-state index in [1.165, 1.54) is 101 Å². The summed E-state index contributed by atoms with van der Waals surface area (Å²) in [5.74, 6) is 0. The normalized spacial score (nSPS) is 28.4. The van der Waals surface area contributed by atoms with Crippen LogP contribution in [0.4, 0.5) is 39.8 Å². The fraction of sp³-hybridized carbons (Fsp3) is 0.464. The molecule has 2 fully saturated rings. The van der Waals surface area contributed by atoms with Crippen LogP contribution in [0.5, 0.6) is 0 Å². The number of rotatable bonds is 1. The van der Waals surface area contributed by atoms with Crippen LogP contribution in [0, 0.1) is 0 Å². The quantitative estimate of drug-likeness (QED) is 0.156. The number of anilines is 7. The molecular formula is C56H66BN3Si. The molecule has 4 unspecified atom stereocenters. The zero-order chi connectivity index (χ0) is 42.6. The molecule has 0 aromatic heterocycles. The third kappa shape index (κ3) is 4.43. The molecule has 5 aliphatic heterocycles. The van der Waals surface area contributed by atoms with Crippen LogP contribution in [-0.4, -0.2) is 25.9 Å². The summed E-state index contributed by atoms with van der Waals surface area (Å²) >= 11 is 0. The Hall–Kier alpha value is -4.22. The number of fused-ring (bicyclic) bond motifs is 12. The molecule has 5 heteroatoms. The second-order valence-electron chi connectivity index (χ2n) is 24.0. The Labute approximate surface area is 368 Å². The molecule has 0 saturated heterocycles. The van der Waals surface area contributed by atoms with Gasteiger partial charge in [0, 0.05) is 45.0 Å². The monoisotopic (exact) mass is 820 g/mol. The number of nitrogens with zero attached hydrogens (tertiary/aromatic N) is 3. The van der Waals surface area contributed by atoms with Gasteiger partial charge in [0.25, 0.3) is 6.71 Å². The van der Waals surface area contributed by atoms with Crippen LogP contribution in [0.3, 0.4) is 0 Å². The van der Waals surface area contributed by atoms with Gasteiger partial charge in [0.1, 0.15) is 8.07 Å². The van der Waals surface area contributed by atoms with E-state index in [1.54, 1.807) is 38.8 Å². The average Bonchev–Trinajstić information content (AvgIpc) is 3.56. The molecule has 0 amide bonds. The Balaban J connectivity index is 1.26. The minimum absolute atomic E-state index is 0.0292. The zero-order valence-electron chi connectivity index (χ0n) is 39.2. The van der Waals surface area contributed by atoms with Gasteiger partial charge < -0.3 is 14.7 Å². The number of hydrogen-bond acceptors (Lipinski definition) is 3. The fourth-order valence-corrected chi connectivity index (χ4v) is 17.8. The first-order valence-corrected chi connectivity index (χ1v) is 26.9. The summed E-state index contributed by atoms with van der Waals surface area (Å²) in [4.78, 5) is 8.65. The summed E-state index contributed by atoms with van der Waals surface area (Å²) in [5.41, 5.74) is 21.0. The summed E-state index contributed by atoms with van der Waals surface area (Å²) < 4.78 is 0. The largest absolute Gasteiger partial charge is 0.335 e. The first-order valence-electron chi connectivity index (χ1n) is 23.9. The van der Waals surface area contributed by atoms with Gasteiger partial charge in [-0.15, -0.1) is 0 Å². The van der Waals surface area contributed by atoms with Crippen molar-refractivity contribution in [1.82, 2.24) is 0 Å². The van der Waals surface area contributed by atoms with Crippen molar-refractivity contribution in [3.8, 4) is 0 Å². The molecule has 0 bridgehead atoms. The third-order valence-electron chi connectivity index (χ3n) is 18.6. The zero-order valence-corrected chi connectivity index (χ0v) is 40.2. The van der Waals surface area contributed by atoms with Crippen molar-refractivity contribution >= 4 is 81.4 Å². The lowest BCUT2D eigenvalue weighted by Gasteiger charge is -2.55. The van der Waals surface area contributed by atoms with Gasteiger partial charge in [-0.1, -0.05) is 155 Å². The highest BCUT2D eigenvalue weighted by Gasteiger charge is 2.65. The van der Waals surface area contributed by atoms with Crippen molar-refractivity contribution in [3.63, 3.8) is 0 Å². The van der Waals surface area contributed by atoms with Gasteiger partial charge in [0.2, 0.25) is 0 Å². The van der Waals surface area contributed by atoms with Gasteiger partial charge in [0.05, 0.1) is 16.8 Å². The second kappa shape index (κ2) is 11.7. The predicted octanol–water partition coefficient (Wildman–Crippen LogP) is 11.5. The lowest BCUT2D eigenvalue weighted by molar-refractivity contribution is 0.192. The van der Waals surface area contributed by atoms with Crippen LogP contribution in [0.1, 0.15) is 143 Å². The second-order valence-corrected chi connectivity index (χ2v) is 28.3. The summed E-state index contributed by atoms with van der Waals surface area (Å²) in [6.45, 7) is 30.6. The lowest BCUT2D eigenvalue weighted by atomic mass is 9.33. The molecule has 0 N–H and O–H groups in total. The van der Waals surface area contributed by atoms with Gasteiger partial charge >= 0.3 is 0 Å². The molecule has 12 rings (SSSR count). The van der Waals surface area contributed by atoms with Gasteiger partial charge in [0.15, 0.2) is 0 Å². The lowest BCUT2D eigenvalue weighted by Crippen LogP contribution is -2.66. The van der Waals surface area contributed by atoms with E-state index in [1.807, 2.05) is 0 Å². The van der Waals surface area contributed by atoms with E-state index >= 15 is 0 Å². The van der Waals surface area contributed by atoms with Crippen molar-refractivity contribution in [2.45, 2.75) is 166 Å². The Kier molecular flexibility index (Phi) is 7.36.